The Bertz CT molecular complexity index is 1020. The van der Waals surface area contributed by atoms with Gasteiger partial charge < -0.3 is 31.1 Å². The quantitative estimate of drug-likeness (QED) is 0.255. The number of ether oxygens (including phenoxy) is 3. The summed E-state index contributed by atoms with van der Waals surface area (Å²) in [6, 6.07) is 19.6. The Morgan fingerprint density at radius 2 is 1.41 bits per heavy atom. The lowest BCUT2D eigenvalue weighted by Crippen LogP contribution is -3.00. The Labute approximate surface area is 239 Å². The number of nitrogens with zero attached hydrogens (tertiary/aromatic N) is 1. The molecule has 212 valence electrons. The van der Waals surface area contributed by atoms with Crippen molar-refractivity contribution in [3.63, 3.8) is 0 Å². The summed E-state index contributed by atoms with van der Waals surface area (Å²) >= 11 is 0. The Morgan fingerprint density at radius 3 is 1.95 bits per heavy atom. The maximum absolute atomic E-state index is 14.3. The predicted octanol–water partition coefficient (Wildman–Crippen LogP) is 3.51. The molecule has 0 radical (unpaired) electrons. The first-order chi connectivity index (χ1) is 18.6. The van der Waals surface area contributed by atoms with Crippen LogP contribution in [0, 0.1) is 0 Å². The molecular formula is C32H42ClNO5. The largest absolute Gasteiger partial charge is 1.00 e. The molecule has 2 aromatic rings. The van der Waals surface area contributed by atoms with Crippen molar-refractivity contribution < 1.29 is 40.7 Å². The van der Waals surface area contributed by atoms with Gasteiger partial charge in [-0.25, -0.2) is 9.59 Å². The van der Waals surface area contributed by atoms with Gasteiger partial charge in [0, 0.05) is 49.7 Å². The molecule has 0 aliphatic carbocycles. The summed E-state index contributed by atoms with van der Waals surface area (Å²) in [5.74, 6) is -0.544. The van der Waals surface area contributed by atoms with Crippen LogP contribution in [0.2, 0.25) is 0 Å². The zero-order valence-corrected chi connectivity index (χ0v) is 23.8. The van der Waals surface area contributed by atoms with Gasteiger partial charge in [-0.3, -0.25) is 0 Å². The van der Waals surface area contributed by atoms with E-state index in [0.29, 0.717) is 23.2 Å². The van der Waals surface area contributed by atoms with Crippen LogP contribution in [0.15, 0.2) is 60.7 Å². The van der Waals surface area contributed by atoms with Gasteiger partial charge in [-0.05, 0) is 6.42 Å². The van der Waals surface area contributed by atoms with Crippen molar-refractivity contribution >= 4 is 12.1 Å². The van der Waals surface area contributed by atoms with Crippen molar-refractivity contribution in [1.82, 2.24) is 0 Å². The van der Waals surface area contributed by atoms with E-state index in [-0.39, 0.29) is 25.1 Å². The molecule has 0 aromatic heterocycles. The topological polar surface area (TPSA) is 61.8 Å². The lowest BCUT2D eigenvalue weighted by atomic mass is 9.85. The zero-order valence-electron chi connectivity index (χ0n) is 23.1. The number of carbonyl (C=O) groups is 2. The molecule has 3 fully saturated rings. The van der Waals surface area contributed by atoms with Gasteiger partial charge >= 0.3 is 12.1 Å². The molecule has 2 unspecified atom stereocenters. The summed E-state index contributed by atoms with van der Waals surface area (Å²) in [6.07, 6.45) is 9.70. The molecular weight excluding hydrogens is 514 g/mol. The van der Waals surface area contributed by atoms with Crippen LogP contribution in [-0.4, -0.2) is 54.5 Å². The summed E-state index contributed by atoms with van der Waals surface area (Å²) in [7, 11) is 0. The van der Waals surface area contributed by atoms with Crippen LogP contribution in [0.5, 0.6) is 0 Å². The summed E-state index contributed by atoms with van der Waals surface area (Å²) in [6.45, 7) is 4.93. The fourth-order valence-corrected chi connectivity index (χ4v) is 7.29. The van der Waals surface area contributed by atoms with Crippen LogP contribution in [0.25, 0.3) is 0 Å². The van der Waals surface area contributed by atoms with E-state index in [1.165, 1.54) is 43.3 Å². The van der Waals surface area contributed by atoms with Crippen molar-refractivity contribution in [3.05, 3.63) is 71.8 Å². The Kier molecular flexibility index (Phi) is 9.95. The highest BCUT2D eigenvalue weighted by Crippen LogP contribution is 2.47. The average molecular weight is 556 g/mol. The summed E-state index contributed by atoms with van der Waals surface area (Å²) in [4.78, 5) is 27.3. The molecule has 3 aliphatic rings. The van der Waals surface area contributed by atoms with Crippen molar-refractivity contribution in [2.45, 2.75) is 94.9 Å². The van der Waals surface area contributed by atoms with E-state index >= 15 is 0 Å². The number of unbranched alkanes of at least 4 members (excludes halogenated alkanes) is 3. The number of piperidine rings is 1. The van der Waals surface area contributed by atoms with E-state index in [9.17, 15) is 9.59 Å². The Morgan fingerprint density at radius 1 is 0.846 bits per heavy atom. The van der Waals surface area contributed by atoms with Crippen LogP contribution in [-0.2, 0) is 24.6 Å². The highest BCUT2D eigenvalue weighted by atomic mass is 35.5. The highest BCUT2D eigenvalue weighted by molar-refractivity contribution is 5.88. The third-order valence-corrected chi connectivity index (χ3v) is 9.13. The summed E-state index contributed by atoms with van der Waals surface area (Å²) in [5, 5.41) is 0. The minimum Gasteiger partial charge on any atom is -1.00 e. The normalized spacial score (nSPS) is 23.2. The Hall–Kier alpha value is -2.57. The fourth-order valence-electron chi connectivity index (χ4n) is 7.29. The van der Waals surface area contributed by atoms with Crippen molar-refractivity contribution in [1.29, 1.82) is 0 Å². The number of rotatable bonds is 10. The van der Waals surface area contributed by atoms with Gasteiger partial charge in [-0.2, -0.15) is 0 Å². The van der Waals surface area contributed by atoms with Gasteiger partial charge in [0.2, 0.25) is 0 Å². The minimum atomic E-state index is -1.74. The predicted molar refractivity (Wildman–Crippen MR) is 145 cm³/mol. The third kappa shape index (κ3) is 5.97. The fraction of sp³-hybridized carbons (Fsp3) is 0.562. The number of halogens is 1. The van der Waals surface area contributed by atoms with Crippen LogP contribution < -0.4 is 12.4 Å². The van der Waals surface area contributed by atoms with E-state index < -0.39 is 17.7 Å². The smallest absolute Gasteiger partial charge is 0.510 e. The molecule has 6 nitrogen and oxygen atoms in total. The zero-order chi connectivity index (χ0) is 26.4. The second-order valence-corrected chi connectivity index (χ2v) is 11.3. The molecule has 7 heteroatoms. The molecule has 0 saturated carbocycles. The highest BCUT2D eigenvalue weighted by Gasteiger charge is 2.57. The third-order valence-electron chi connectivity index (χ3n) is 9.13. The molecule has 2 aromatic carbocycles. The molecule has 2 atom stereocenters. The summed E-state index contributed by atoms with van der Waals surface area (Å²) in [5.41, 5.74) is -0.624. The van der Waals surface area contributed by atoms with E-state index in [0.717, 1.165) is 38.5 Å². The molecule has 1 spiro atoms. The number of carbonyl (C=O) groups excluding carboxylic acids is 2. The standard InChI is InChI=1S/C32H42NO5.ClH/c1-2-3-4-13-22-36-31(35)38-32(25-14-7-5-8-15-25,26-16-9-6-10-17-26)30(34)37-29-23-27-18-19-28(24-29)33(27)20-11-12-21-33;/h5-10,14-17,27-29H,2-4,11-13,18-24H2,1H3;1H/q+1;/p-1. The van der Waals surface area contributed by atoms with Gasteiger partial charge in [-0.15, -0.1) is 0 Å². The first-order valence-electron chi connectivity index (χ1n) is 14.6. The number of benzene rings is 2. The molecule has 2 bridgehead atoms. The van der Waals surface area contributed by atoms with Crippen molar-refractivity contribution in [2.75, 3.05) is 19.7 Å². The first kappa shape index (κ1) is 29.4. The van der Waals surface area contributed by atoms with Crippen molar-refractivity contribution in [3.8, 4) is 0 Å². The van der Waals surface area contributed by atoms with Gasteiger partial charge in [0.1, 0.15) is 6.10 Å². The number of hydrogen-bond acceptors (Lipinski definition) is 5. The lowest BCUT2D eigenvalue weighted by Gasteiger charge is -2.47. The molecule has 0 amide bonds. The lowest BCUT2D eigenvalue weighted by molar-refractivity contribution is -0.956. The van der Waals surface area contributed by atoms with E-state index in [1.807, 2.05) is 60.7 Å². The second-order valence-electron chi connectivity index (χ2n) is 11.3. The average Bonchev–Trinajstić information content (AvgIpc) is 3.49. The molecule has 3 heterocycles. The van der Waals surface area contributed by atoms with E-state index in [4.69, 9.17) is 14.2 Å². The Balaban J connectivity index is 0.00000353. The van der Waals surface area contributed by atoms with Crippen LogP contribution >= 0.6 is 0 Å². The number of quaternary nitrogens is 1. The number of hydrogen-bond donors (Lipinski definition) is 0. The van der Waals surface area contributed by atoms with Gasteiger partial charge in [0.05, 0.1) is 31.8 Å². The second kappa shape index (κ2) is 13.2. The van der Waals surface area contributed by atoms with Gasteiger partial charge in [0.25, 0.3) is 5.60 Å². The van der Waals surface area contributed by atoms with Gasteiger partial charge in [-0.1, -0.05) is 86.8 Å². The summed E-state index contributed by atoms with van der Waals surface area (Å²) < 4.78 is 19.1. The first-order valence-corrected chi connectivity index (χ1v) is 14.6. The van der Waals surface area contributed by atoms with Gasteiger partial charge in [0.15, 0.2) is 0 Å². The monoisotopic (exact) mass is 555 g/mol. The SMILES string of the molecule is CCCCCCOC(=O)OC(C(=O)OC1CC2CCC(C1)[N+]21CCCC1)(c1ccccc1)c1ccccc1.[Cl-]. The maximum Gasteiger partial charge on any atom is 0.510 e. The molecule has 5 rings (SSSR count). The molecule has 0 N–H and O–H groups in total. The van der Waals surface area contributed by atoms with Crippen LogP contribution in [0.4, 0.5) is 4.79 Å². The number of esters is 1. The molecule has 3 saturated heterocycles. The molecule has 3 aliphatic heterocycles. The maximum atomic E-state index is 14.3. The minimum absolute atomic E-state index is 0. The van der Waals surface area contributed by atoms with E-state index in [1.54, 1.807) is 0 Å². The van der Waals surface area contributed by atoms with Crippen LogP contribution in [0.1, 0.15) is 82.3 Å². The van der Waals surface area contributed by atoms with E-state index in [2.05, 4.69) is 6.92 Å². The van der Waals surface area contributed by atoms with Crippen molar-refractivity contribution in [2.24, 2.45) is 0 Å². The molecule has 39 heavy (non-hydrogen) atoms. The van der Waals surface area contributed by atoms with Crippen LogP contribution in [0.3, 0.4) is 0 Å².